The third kappa shape index (κ3) is 2.74. The smallest absolute Gasteiger partial charge is 0.208 e. The van der Waals surface area contributed by atoms with Crippen LogP contribution in [0.5, 0.6) is 0 Å². The molecule has 22 heavy (non-hydrogen) atoms. The first-order valence-corrected chi connectivity index (χ1v) is 8.41. The van der Waals surface area contributed by atoms with E-state index in [2.05, 4.69) is 90.4 Å². The average molecular weight is 357 g/mol. The second kappa shape index (κ2) is 5.96. The number of aryl methyl sites for hydroxylation is 4. The highest BCUT2D eigenvalue weighted by molar-refractivity contribution is 9.10. The first kappa shape index (κ1) is 15.4. The molecule has 1 aliphatic heterocycles. The van der Waals surface area contributed by atoms with Gasteiger partial charge in [0, 0.05) is 28.9 Å². The Bertz CT molecular complexity index is 665. The van der Waals surface area contributed by atoms with E-state index in [1.54, 1.807) is 0 Å². The lowest BCUT2D eigenvalue weighted by molar-refractivity contribution is 1.01. The van der Waals surface area contributed by atoms with Crippen LogP contribution in [0.3, 0.4) is 0 Å². The van der Waals surface area contributed by atoms with Gasteiger partial charge in [0.2, 0.25) is 6.67 Å². The predicted molar refractivity (Wildman–Crippen MR) is 97.5 cm³/mol. The molecule has 0 bridgehead atoms. The van der Waals surface area contributed by atoms with E-state index in [1.165, 1.54) is 33.6 Å². The van der Waals surface area contributed by atoms with Gasteiger partial charge in [-0.3, -0.25) is 0 Å². The lowest BCUT2D eigenvalue weighted by atomic mass is 10.1. The fourth-order valence-corrected chi connectivity index (χ4v) is 4.02. The van der Waals surface area contributed by atoms with Gasteiger partial charge < -0.3 is 9.80 Å². The van der Waals surface area contributed by atoms with Crippen LogP contribution in [-0.4, -0.2) is 13.1 Å². The van der Waals surface area contributed by atoms with Gasteiger partial charge in [-0.2, -0.15) is 0 Å². The molecule has 3 rings (SSSR count). The zero-order valence-electron chi connectivity index (χ0n) is 13.6. The van der Waals surface area contributed by atoms with Crippen molar-refractivity contribution in [2.24, 2.45) is 0 Å². The maximum absolute atomic E-state index is 3.57. The summed E-state index contributed by atoms with van der Waals surface area (Å²) in [5, 5.41) is 0. The van der Waals surface area contributed by atoms with Gasteiger partial charge in [-0.1, -0.05) is 34.1 Å². The van der Waals surface area contributed by atoms with Crippen LogP contribution in [0.25, 0.3) is 0 Å². The summed E-state index contributed by atoms with van der Waals surface area (Å²) in [5.74, 6) is 0. The molecule has 2 aromatic carbocycles. The van der Waals surface area contributed by atoms with E-state index in [4.69, 9.17) is 0 Å². The molecule has 114 valence electrons. The van der Waals surface area contributed by atoms with Crippen LogP contribution in [0.1, 0.15) is 22.3 Å². The largest absolute Gasteiger partial charge is 0.339 e. The van der Waals surface area contributed by atoms with E-state index >= 15 is 0 Å². The second-order valence-electron chi connectivity index (χ2n) is 6.03. The van der Waals surface area contributed by atoms with Crippen LogP contribution in [-0.2, 0) is 0 Å². The quantitative estimate of drug-likeness (QED) is 0.746. The van der Waals surface area contributed by atoms with Gasteiger partial charge in [0.25, 0.3) is 0 Å². The van der Waals surface area contributed by atoms with Gasteiger partial charge in [0.1, 0.15) is 0 Å². The van der Waals surface area contributed by atoms with E-state index < -0.39 is 0 Å². The summed E-state index contributed by atoms with van der Waals surface area (Å²) >= 11 is 3.57. The Hall–Kier alpha value is -1.48. The molecule has 0 amide bonds. The van der Waals surface area contributed by atoms with Crippen molar-refractivity contribution >= 4 is 27.3 Å². The molecule has 2 radical (unpaired) electrons. The zero-order chi connectivity index (χ0) is 15.9. The highest BCUT2D eigenvalue weighted by Crippen LogP contribution is 2.34. The summed E-state index contributed by atoms with van der Waals surface area (Å²) in [6, 6.07) is 10.8. The first-order chi connectivity index (χ1) is 10.5. The SMILES string of the molecule is Cc1cccc(C)c1N1[C]N(c2c(C)cc(Br)cc2C)CC1. The number of para-hydroxylation sites is 1. The van der Waals surface area contributed by atoms with Crippen LogP contribution in [0, 0.1) is 34.4 Å². The topological polar surface area (TPSA) is 6.48 Å². The van der Waals surface area contributed by atoms with E-state index in [1.807, 2.05) is 0 Å². The van der Waals surface area contributed by atoms with Crippen molar-refractivity contribution in [2.45, 2.75) is 27.7 Å². The summed E-state index contributed by atoms with van der Waals surface area (Å²) in [6.45, 7) is 14.2. The molecule has 0 saturated carbocycles. The molecular formula is C19H21BrN2. The molecule has 0 spiro atoms. The fourth-order valence-electron chi connectivity index (χ4n) is 3.33. The summed E-state index contributed by atoms with van der Waals surface area (Å²) in [4.78, 5) is 4.51. The van der Waals surface area contributed by atoms with E-state index in [9.17, 15) is 0 Å². The molecule has 3 heteroatoms. The van der Waals surface area contributed by atoms with Gasteiger partial charge in [-0.05, 0) is 62.1 Å². The Kier molecular flexibility index (Phi) is 4.18. The molecule has 1 fully saturated rings. The highest BCUT2D eigenvalue weighted by atomic mass is 79.9. The number of rotatable bonds is 2. The fraction of sp³-hybridized carbons (Fsp3) is 0.316. The minimum atomic E-state index is 0.969. The van der Waals surface area contributed by atoms with Gasteiger partial charge in [0.05, 0.1) is 0 Å². The third-order valence-corrected chi connectivity index (χ3v) is 4.68. The number of hydrogen-bond donors (Lipinski definition) is 0. The van der Waals surface area contributed by atoms with Crippen molar-refractivity contribution in [2.75, 3.05) is 22.9 Å². The van der Waals surface area contributed by atoms with Crippen LogP contribution in [0.4, 0.5) is 11.4 Å². The molecule has 0 N–H and O–H groups in total. The van der Waals surface area contributed by atoms with Crippen molar-refractivity contribution in [1.29, 1.82) is 0 Å². The van der Waals surface area contributed by atoms with Gasteiger partial charge in [-0.25, -0.2) is 0 Å². The molecular weight excluding hydrogens is 336 g/mol. The minimum Gasteiger partial charge on any atom is -0.339 e. The minimum absolute atomic E-state index is 0.969. The maximum atomic E-state index is 3.57. The molecule has 0 aliphatic carbocycles. The van der Waals surface area contributed by atoms with E-state index in [0.29, 0.717) is 0 Å². The Balaban J connectivity index is 1.90. The summed E-state index contributed by atoms with van der Waals surface area (Å²) in [7, 11) is 0. The van der Waals surface area contributed by atoms with E-state index in [0.717, 1.165) is 17.6 Å². The Morgan fingerprint density at radius 2 is 1.27 bits per heavy atom. The zero-order valence-corrected chi connectivity index (χ0v) is 15.2. The number of benzene rings is 2. The number of hydrogen-bond acceptors (Lipinski definition) is 2. The number of anilines is 2. The van der Waals surface area contributed by atoms with Crippen molar-refractivity contribution in [1.82, 2.24) is 0 Å². The Morgan fingerprint density at radius 3 is 1.77 bits per heavy atom. The molecule has 1 saturated heterocycles. The molecule has 2 aromatic rings. The number of nitrogens with zero attached hydrogens (tertiary/aromatic N) is 2. The normalized spacial score (nSPS) is 14.8. The van der Waals surface area contributed by atoms with Gasteiger partial charge >= 0.3 is 0 Å². The molecule has 0 atom stereocenters. The van der Waals surface area contributed by atoms with Crippen molar-refractivity contribution in [3.63, 3.8) is 0 Å². The lowest BCUT2D eigenvalue weighted by Gasteiger charge is -2.24. The second-order valence-corrected chi connectivity index (χ2v) is 6.95. The third-order valence-electron chi connectivity index (χ3n) is 4.22. The van der Waals surface area contributed by atoms with Crippen molar-refractivity contribution < 1.29 is 0 Å². The van der Waals surface area contributed by atoms with Crippen LogP contribution < -0.4 is 9.80 Å². The molecule has 0 unspecified atom stereocenters. The predicted octanol–water partition coefficient (Wildman–Crippen LogP) is 5.01. The maximum Gasteiger partial charge on any atom is 0.208 e. The van der Waals surface area contributed by atoms with Crippen LogP contribution in [0.2, 0.25) is 0 Å². The van der Waals surface area contributed by atoms with Crippen LogP contribution in [0.15, 0.2) is 34.8 Å². The average Bonchev–Trinajstić information content (AvgIpc) is 2.86. The summed E-state index contributed by atoms with van der Waals surface area (Å²) in [6.07, 6.45) is 0. The molecule has 1 heterocycles. The van der Waals surface area contributed by atoms with Crippen molar-refractivity contribution in [3.05, 3.63) is 63.7 Å². The number of halogens is 1. The van der Waals surface area contributed by atoms with Crippen molar-refractivity contribution in [3.8, 4) is 0 Å². The highest BCUT2D eigenvalue weighted by Gasteiger charge is 2.26. The molecule has 0 aromatic heterocycles. The Morgan fingerprint density at radius 1 is 0.818 bits per heavy atom. The molecule has 1 aliphatic rings. The van der Waals surface area contributed by atoms with E-state index in [-0.39, 0.29) is 0 Å². The van der Waals surface area contributed by atoms with Crippen LogP contribution >= 0.6 is 15.9 Å². The monoisotopic (exact) mass is 356 g/mol. The standard InChI is InChI=1S/C19H21BrN2/c1-13-6-5-7-14(2)18(13)21-8-9-22(12-21)19-15(3)10-17(20)11-16(19)4/h5-7,10-11H,8-9H2,1-4H3. The molecule has 2 nitrogen and oxygen atoms in total. The summed E-state index contributed by atoms with van der Waals surface area (Å²) in [5.41, 5.74) is 7.73. The van der Waals surface area contributed by atoms with Gasteiger partial charge in [-0.15, -0.1) is 0 Å². The summed E-state index contributed by atoms with van der Waals surface area (Å²) < 4.78 is 1.14. The Labute approximate surface area is 141 Å². The first-order valence-electron chi connectivity index (χ1n) is 7.61. The lowest BCUT2D eigenvalue weighted by Crippen LogP contribution is -2.21. The van der Waals surface area contributed by atoms with Gasteiger partial charge in [0.15, 0.2) is 0 Å².